The van der Waals surface area contributed by atoms with Gasteiger partial charge in [-0.2, -0.15) is 0 Å². The fourth-order valence-electron chi connectivity index (χ4n) is 0.624. The molecule has 17 heavy (non-hydrogen) atoms. The molecule has 0 unspecified atom stereocenters. The summed E-state index contributed by atoms with van der Waals surface area (Å²) in [4.78, 5) is 20.8. The molecule has 0 aromatic carbocycles. The van der Waals surface area contributed by atoms with Crippen LogP contribution in [0.3, 0.4) is 0 Å². The second-order valence-electron chi connectivity index (χ2n) is 4.43. The highest BCUT2D eigenvalue weighted by Crippen LogP contribution is 2.06. The maximum Gasteiger partial charge on any atom is 0.330 e. The minimum atomic E-state index is -0.398. The van der Waals surface area contributed by atoms with Crippen molar-refractivity contribution in [2.45, 2.75) is 46.3 Å². The number of ether oxygens (including phenoxy) is 2. The Labute approximate surface area is 103 Å². The van der Waals surface area contributed by atoms with Gasteiger partial charge in [-0.15, -0.1) is 0 Å². The lowest BCUT2D eigenvalue weighted by Crippen LogP contribution is -2.22. The van der Waals surface area contributed by atoms with Crippen LogP contribution in [0.5, 0.6) is 0 Å². The zero-order valence-corrected chi connectivity index (χ0v) is 11.3. The first kappa shape index (κ1) is 17.8. The topological polar surface area (TPSA) is 52.6 Å². The molecule has 0 saturated heterocycles. The van der Waals surface area contributed by atoms with Crippen molar-refractivity contribution >= 4 is 11.9 Å². The van der Waals surface area contributed by atoms with Crippen molar-refractivity contribution in [3.05, 3.63) is 25.3 Å². The van der Waals surface area contributed by atoms with Gasteiger partial charge < -0.3 is 9.47 Å². The van der Waals surface area contributed by atoms with Gasteiger partial charge in [0.15, 0.2) is 0 Å². The summed E-state index contributed by atoms with van der Waals surface area (Å²) < 4.78 is 9.47. The van der Waals surface area contributed by atoms with Gasteiger partial charge in [0.1, 0.15) is 5.60 Å². The van der Waals surface area contributed by atoms with E-state index in [9.17, 15) is 9.59 Å². The van der Waals surface area contributed by atoms with E-state index < -0.39 is 5.60 Å². The predicted octanol–water partition coefficient (Wildman–Crippen LogP) is 2.64. The third-order valence-corrected chi connectivity index (χ3v) is 1.09. The third kappa shape index (κ3) is 17.1. The van der Waals surface area contributed by atoms with Crippen LogP contribution in [0.25, 0.3) is 0 Å². The number of hydrogen-bond donors (Lipinski definition) is 0. The molecule has 0 fully saturated rings. The zero-order chi connectivity index (χ0) is 14.1. The molecule has 0 heterocycles. The van der Waals surface area contributed by atoms with Gasteiger partial charge in [-0.05, 0) is 34.6 Å². The summed E-state index contributed by atoms with van der Waals surface area (Å²) >= 11 is 0. The van der Waals surface area contributed by atoms with Crippen molar-refractivity contribution in [1.29, 1.82) is 0 Å². The Hall–Kier alpha value is -1.58. The summed E-state index contributed by atoms with van der Waals surface area (Å²) in [6.45, 7) is 15.5. The summed E-state index contributed by atoms with van der Waals surface area (Å²) in [6, 6.07) is 0. The fraction of sp³-hybridized carbons (Fsp3) is 0.538. The van der Waals surface area contributed by atoms with E-state index in [1.807, 2.05) is 20.8 Å². The average molecular weight is 242 g/mol. The molecule has 98 valence electrons. The van der Waals surface area contributed by atoms with Crippen LogP contribution < -0.4 is 0 Å². The monoisotopic (exact) mass is 242 g/mol. The highest BCUT2D eigenvalue weighted by molar-refractivity contribution is 5.81. The molecular weight excluding hydrogens is 220 g/mol. The van der Waals surface area contributed by atoms with E-state index >= 15 is 0 Å². The van der Waals surface area contributed by atoms with E-state index in [4.69, 9.17) is 4.74 Å². The van der Waals surface area contributed by atoms with Crippen LogP contribution in [0.2, 0.25) is 0 Å². The predicted molar refractivity (Wildman–Crippen MR) is 67.5 cm³/mol. The Balaban J connectivity index is 0. The molecule has 0 aromatic heterocycles. The molecule has 0 N–H and O–H groups in total. The van der Waals surface area contributed by atoms with Crippen molar-refractivity contribution in [3.8, 4) is 0 Å². The van der Waals surface area contributed by atoms with E-state index in [2.05, 4.69) is 17.9 Å². The van der Waals surface area contributed by atoms with Gasteiger partial charge in [-0.25, -0.2) is 9.59 Å². The standard InChI is InChI=1S/C7H12O2.C6H10O2/c1-5-6(8)9-7(2,3)4;1-4-6(7)8-5(2)3/h5H,1H2,2-4H3;4-5H,1H2,2-3H3. The zero-order valence-electron chi connectivity index (χ0n) is 11.3. The lowest BCUT2D eigenvalue weighted by molar-refractivity contribution is -0.148. The molecule has 0 bridgehead atoms. The quantitative estimate of drug-likeness (QED) is 0.564. The largest absolute Gasteiger partial charge is 0.460 e. The first-order valence-electron chi connectivity index (χ1n) is 5.30. The van der Waals surface area contributed by atoms with Gasteiger partial charge in [-0.3, -0.25) is 0 Å². The molecule has 0 saturated carbocycles. The molecule has 4 nitrogen and oxygen atoms in total. The van der Waals surface area contributed by atoms with Crippen molar-refractivity contribution < 1.29 is 19.1 Å². The van der Waals surface area contributed by atoms with E-state index in [0.29, 0.717) is 0 Å². The van der Waals surface area contributed by atoms with Crippen molar-refractivity contribution in [2.75, 3.05) is 0 Å². The molecule has 0 aliphatic rings. The van der Waals surface area contributed by atoms with E-state index in [-0.39, 0.29) is 18.0 Å². The Bertz CT molecular complexity index is 272. The number of rotatable bonds is 3. The molecule has 0 rings (SSSR count). The minimum absolute atomic E-state index is 0.0412. The minimum Gasteiger partial charge on any atom is -0.460 e. The van der Waals surface area contributed by atoms with Gasteiger partial charge >= 0.3 is 11.9 Å². The van der Waals surface area contributed by atoms with Crippen molar-refractivity contribution in [3.63, 3.8) is 0 Å². The molecule has 0 aliphatic carbocycles. The van der Waals surface area contributed by atoms with E-state index in [1.54, 1.807) is 13.8 Å². The number of carbonyl (C=O) groups excluding carboxylic acids is 2. The van der Waals surface area contributed by atoms with E-state index in [1.165, 1.54) is 0 Å². The second-order valence-corrected chi connectivity index (χ2v) is 4.43. The molecule has 0 aromatic rings. The van der Waals surface area contributed by atoms with E-state index in [0.717, 1.165) is 12.2 Å². The molecule has 0 atom stereocenters. The molecule has 0 radical (unpaired) electrons. The Kier molecular flexibility index (Phi) is 8.96. The fourth-order valence-corrected chi connectivity index (χ4v) is 0.624. The summed E-state index contributed by atoms with van der Waals surface area (Å²) in [5.41, 5.74) is -0.398. The van der Waals surface area contributed by atoms with Crippen LogP contribution in [0.15, 0.2) is 25.3 Å². The highest BCUT2D eigenvalue weighted by Gasteiger charge is 2.12. The summed E-state index contributed by atoms with van der Waals surface area (Å²) in [6.07, 6.45) is 2.27. The Morgan fingerprint density at radius 1 is 1.06 bits per heavy atom. The number of carbonyl (C=O) groups is 2. The van der Waals surface area contributed by atoms with Crippen LogP contribution in [0.4, 0.5) is 0 Å². The molecular formula is C13H22O4. The lowest BCUT2D eigenvalue weighted by Gasteiger charge is -2.17. The van der Waals surface area contributed by atoms with Crippen molar-refractivity contribution in [1.82, 2.24) is 0 Å². The normalized spacial score (nSPS) is 9.76. The average Bonchev–Trinajstić information content (AvgIpc) is 2.15. The molecule has 0 aliphatic heterocycles. The first-order valence-corrected chi connectivity index (χ1v) is 5.30. The first-order chi connectivity index (χ1) is 7.62. The lowest BCUT2D eigenvalue weighted by atomic mass is 10.2. The molecule has 0 spiro atoms. The van der Waals surface area contributed by atoms with Gasteiger partial charge in [0.05, 0.1) is 6.10 Å². The smallest absolute Gasteiger partial charge is 0.330 e. The number of esters is 2. The van der Waals surface area contributed by atoms with Gasteiger partial charge in [0.25, 0.3) is 0 Å². The van der Waals surface area contributed by atoms with Crippen LogP contribution in [0, 0.1) is 0 Å². The number of hydrogen-bond acceptors (Lipinski definition) is 4. The van der Waals surface area contributed by atoms with Crippen LogP contribution >= 0.6 is 0 Å². The summed E-state index contributed by atoms with van der Waals surface area (Å²) in [7, 11) is 0. The van der Waals surface area contributed by atoms with Crippen LogP contribution in [0.1, 0.15) is 34.6 Å². The highest BCUT2D eigenvalue weighted by atomic mass is 16.6. The SMILES string of the molecule is C=CC(=O)OC(C)(C)C.C=CC(=O)OC(C)C. The van der Waals surface area contributed by atoms with Gasteiger partial charge in [0.2, 0.25) is 0 Å². The Morgan fingerprint density at radius 2 is 1.47 bits per heavy atom. The maximum absolute atomic E-state index is 10.5. The summed E-state index contributed by atoms with van der Waals surface area (Å²) in [5.74, 6) is -0.734. The van der Waals surface area contributed by atoms with Gasteiger partial charge in [0, 0.05) is 12.2 Å². The Morgan fingerprint density at radius 3 is 1.59 bits per heavy atom. The maximum atomic E-state index is 10.5. The third-order valence-electron chi connectivity index (χ3n) is 1.09. The van der Waals surface area contributed by atoms with Gasteiger partial charge in [-0.1, -0.05) is 13.2 Å². The molecule has 0 amide bonds. The van der Waals surface area contributed by atoms with Crippen LogP contribution in [-0.4, -0.2) is 23.6 Å². The molecule has 4 heteroatoms. The second kappa shape index (κ2) is 8.56. The van der Waals surface area contributed by atoms with Crippen LogP contribution in [-0.2, 0) is 19.1 Å². The van der Waals surface area contributed by atoms with Crippen molar-refractivity contribution in [2.24, 2.45) is 0 Å². The summed E-state index contributed by atoms with van der Waals surface area (Å²) in [5, 5.41) is 0.